The van der Waals surface area contributed by atoms with Gasteiger partial charge in [0.05, 0.1) is 5.69 Å². The largest absolute Gasteiger partial charge is 0.270 e. The molecule has 0 fully saturated rings. The van der Waals surface area contributed by atoms with Gasteiger partial charge in [-0.25, -0.2) is 0 Å². The van der Waals surface area contributed by atoms with Crippen LogP contribution in [-0.2, 0) is 6.42 Å². The Labute approximate surface area is 108 Å². The van der Waals surface area contributed by atoms with Crippen molar-refractivity contribution in [2.75, 3.05) is 0 Å². The fourth-order valence-electron chi connectivity index (χ4n) is 1.56. The summed E-state index contributed by atoms with van der Waals surface area (Å²) < 4.78 is 2.08. The molecule has 3 heteroatoms. The summed E-state index contributed by atoms with van der Waals surface area (Å²) in [6.45, 7) is 8.89. The van der Waals surface area contributed by atoms with Crippen molar-refractivity contribution in [1.29, 1.82) is 0 Å². The zero-order valence-electron chi connectivity index (χ0n) is 10.8. The van der Waals surface area contributed by atoms with E-state index in [-0.39, 0.29) is 0 Å². The number of nitrogens with zero attached hydrogens (tertiary/aromatic N) is 2. The van der Waals surface area contributed by atoms with Gasteiger partial charge < -0.3 is 0 Å². The van der Waals surface area contributed by atoms with Gasteiger partial charge in [-0.05, 0) is 38.2 Å². The van der Waals surface area contributed by atoms with E-state index in [2.05, 4.69) is 65.7 Å². The third-order valence-electron chi connectivity index (χ3n) is 3.11. The summed E-state index contributed by atoms with van der Waals surface area (Å²) >= 11 is 3.71. The Morgan fingerprint density at radius 2 is 2.06 bits per heavy atom. The van der Waals surface area contributed by atoms with E-state index in [9.17, 15) is 0 Å². The number of alkyl halides is 1. The Morgan fingerprint density at radius 1 is 1.38 bits per heavy atom. The van der Waals surface area contributed by atoms with Gasteiger partial charge in [-0.1, -0.05) is 36.7 Å². The van der Waals surface area contributed by atoms with Crippen LogP contribution in [0.1, 0.15) is 52.3 Å². The smallest absolute Gasteiger partial charge is 0.0625 e. The number of aromatic nitrogens is 2. The summed E-state index contributed by atoms with van der Waals surface area (Å²) in [5.41, 5.74) is 1.21. The molecule has 2 nitrogen and oxygen atoms in total. The molecule has 0 spiro atoms. The normalized spacial score (nSPS) is 15.4. The number of halogens is 1. The van der Waals surface area contributed by atoms with E-state index >= 15 is 0 Å². The van der Waals surface area contributed by atoms with E-state index in [1.807, 2.05) is 0 Å². The molecule has 16 heavy (non-hydrogen) atoms. The zero-order valence-corrected chi connectivity index (χ0v) is 12.4. The topological polar surface area (TPSA) is 17.8 Å². The van der Waals surface area contributed by atoms with Crippen LogP contribution in [-0.4, -0.2) is 14.6 Å². The molecule has 2 unspecified atom stereocenters. The molecule has 1 rings (SSSR count). The van der Waals surface area contributed by atoms with Crippen LogP contribution in [0.5, 0.6) is 0 Å². The van der Waals surface area contributed by atoms with Crippen LogP contribution < -0.4 is 0 Å². The first-order valence-electron chi connectivity index (χ1n) is 6.22. The first kappa shape index (κ1) is 13.8. The van der Waals surface area contributed by atoms with Crippen LogP contribution in [0, 0.1) is 5.92 Å². The molecule has 2 atom stereocenters. The molecule has 0 saturated heterocycles. The van der Waals surface area contributed by atoms with Gasteiger partial charge in [-0.15, -0.1) is 0 Å². The Bertz CT molecular complexity index is 307. The molecule has 0 aliphatic heterocycles. The predicted octanol–water partition coefficient (Wildman–Crippen LogP) is 4.21. The van der Waals surface area contributed by atoms with Gasteiger partial charge >= 0.3 is 0 Å². The second kappa shape index (κ2) is 6.43. The van der Waals surface area contributed by atoms with E-state index in [0.29, 0.717) is 16.8 Å². The quantitative estimate of drug-likeness (QED) is 0.717. The van der Waals surface area contributed by atoms with E-state index < -0.39 is 0 Å². The molecule has 0 saturated carbocycles. The van der Waals surface area contributed by atoms with Gasteiger partial charge in [0.15, 0.2) is 0 Å². The molecule has 92 valence electrons. The van der Waals surface area contributed by atoms with Crippen molar-refractivity contribution in [3.63, 3.8) is 0 Å². The van der Waals surface area contributed by atoms with Crippen molar-refractivity contribution >= 4 is 15.9 Å². The van der Waals surface area contributed by atoms with Crippen molar-refractivity contribution < 1.29 is 0 Å². The summed E-state index contributed by atoms with van der Waals surface area (Å²) in [4.78, 5) is 0.598. The molecule has 0 aliphatic rings. The maximum absolute atomic E-state index is 4.61. The lowest BCUT2D eigenvalue weighted by Crippen LogP contribution is -2.09. The third kappa shape index (κ3) is 3.93. The van der Waals surface area contributed by atoms with Gasteiger partial charge in [-0.3, -0.25) is 4.68 Å². The lowest BCUT2D eigenvalue weighted by atomic mass is 10.1. The molecule has 0 bridgehead atoms. The van der Waals surface area contributed by atoms with Crippen molar-refractivity contribution in [3.05, 3.63) is 18.0 Å². The highest BCUT2D eigenvalue weighted by Crippen LogP contribution is 2.18. The Hall–Kier alpha value is -0.310. The predicted molar refractivity (Wildman–Crippen MR) is 73.1 cm³/mol. The maximum Gasteiger partial charge on any atom is 0.0625 e. The molecule has 1 aromatic heterocycles. The lowest BCUT2D eigenvalue weighted by molar-refractivity contribution is 0.471. The van der Waals surface area contributed by atoms with E-state index in [4.69, 9.17) is 0 Å². The summed E-state index contributed by atoms with van der Waals surface area (Å²) in [5.74, 6) is 0.691. The van der Waals surface area contributed by atoms with Crippen molar-refractivity contribution in [2.45, 2.75) is 57.8 Å². The van der Waals surface area contributed by atoms with Crippen LogP contribution in [0.15, 0.2) is 12.3 Å². The standard InChI is InChI=1S/C13H23BrN2/c1-5-11(4)16-9-8-12(15-16)6-7-13(14)10(2)3/h8-11,13H,5-7H2,1-4H3. The highest BCUT2D eigenvalue weighted by Gasteiger charge is 2.10. The van der Waals surface area contributed by atoms with Crippen LogP contribution in [0.4, 0.5) is 0 Å². The van der Waals surface area contributed by atoms with Crippen LogP contribution >= 0.6 is 15.9 Å². The van der Waals surface area contributed by atoms with E-state index in [0.717, 1.165) is 19.3 Å². The third-order valence-corrected chi connectivity index (χ3v) is 4.62. The van der Waals surface area contributed by atoms with E-state index in [1.165, 1.54) is 5.69 Å². The number of rotatable bonds is 6. The lowest BCUT2D eigenvalue weighted by Gasteiger charge is -2.12. The minimum absolute atomic E-state index is 0.513. The summed E-state index contributed by atoms with van der Waals surface area (Å²) in [5, 5.41) is 4.61. The number of hydrogen-bond donors (Lipinski definition) is 0. The molecule has 0 N–H and O–H groups in total. The second-order valence-corrected chi connectivity index (χ2v) is 6.02. The molecule has 0 aromatic carbocycles. The molecular weight excluding hydrogens is 264 g/mol. The highest BCUT2D eigenvalue weighted by molar-refractivity contribution is 9.09. The Kier molecular flexibility index (Phi) is 5.53. The Morgan fingerprint density at radius 3 is 2.62 bits per heavy atom. The van der Waals surface area contributed by atoms with E-state index in [1.54, 1.807) is 0 Å². The van der Waals surface area contributed by atoms with Crippen LogP contribution in [0.2, 0.25) is 0 Å². The van der Waals surface area contributed by atoms with Crippen molar-refractivity contribution in [1.82, 2.24) is 9.78 Å². The van der Waals surface area contributed by atoms with Gasteiger partial charge in [0, 0.05) is 17.1 Å². The molecule has 0 amide bonds. The van der Waals surface area contributed by atoms with Crippen LogP contribution in [0.25, 0.3) is 0 Å². The Balaban J connectivity index is 2.46. The molecule has 0 radical (unpaired) electrons. The molecule has 1 aromatic rings. The summed E-state index contributed by atoms with van der Waals surface area (Å²) in [6.07, 6.45) is 5.46. The monoisotopic (exact) mass is 286 g/mol. The SMILES string of the molecule is CCC(C)n1ccc(CCC(Br)C(C)C)n1. The van der Waals surface area contributed by atoms with Gasteiger partial charge in [0.1, 0.15) is 0 Å². The minimum atomic E-state index is 0.513. The number of aryl methyl sites for hydroxylation is 1. The average Bonchev–Trinajstić information content (AvgIpc) is 2.73. The van der Waals surface area contributed by atoms with Gasteiger partial charge in [0.25, 0.3) is 0 Å². The average molecular weight is 287 g/mol. The fraction of sp³-hybridized carbons (Fsp3) is 0.769. The van der Waals surface area contributed by atoms with Gasteiger partial charge in [0.2, 0.25) is 0 Å². The van der Waals surface area contributed by atoms with Gasteiger partial charge in [-0.2, -0.15) is 5.10 Å². The van der Waals surface area contributed by atoms with Crippen molar-refractivity contribution in [2.24, 2.45) is 5.92 Å². The summed E-state index contributed by atoms with van der Waals surface area (Å²) in [7, 11) is 0. The fourth-order valence-corrected chi connectivity index (χ4v) is 1.79. The van der Waals surface area contributed by atoms with Crippen molar-refractivity contribution in [3.8, 4) is 0 Å². The minimum Gasteiger partial charge on any atom is -0.270 e. The van der Waals surface area contributed by atoms with Crippen LogP contribution in [0.3, 0.4) is 0 Å². The first-order chi connectivity index (χ1) is 7.54. The molecular formula is C13H23BrN2. The first-order valence-corrected chi connectivity index (χ1v) is 7.14. The molecule has 0 aliphatic carbocycles. The highest BCUT2D eigenvalue weighted by atomic mass is 79.9. The molecule has 1 heterocycles. The number of hydrogen-bond acceptors (Lipinski definition) is 1. The maximum atomic E-state index is 4.61. The zero-order chi connectivity index (χ0) is 12.1. The summed E-state index contributed by atoms with van der Waals surface area (Å²) in [6, 6.07) is 2.66. The second-order valence-electron chi connectivity index (χ2n) is 4.84.